The fourth-order valence-electron chi connectivity index (χ4n) is 2.47. The summed E-state index contributed by atoms with van der Waals surface area (Å²) in [5.74, 6) is -6.23. The number of hydrogen-bond acceptors (Lipinski definition) is 3. The number of halogens is 3. The lowest BCUT2D eigenvalue weighted by Crippen LogP contribution is -2.27. The number of nitrogens with zero attached hydrogens (tertiary/aromatic N) is 2. The lowest BCUT2D eigenvalue weighted by Gasteiger charge is -2.20. The molecule has 1 aliphatic rings. The van der Waals surface area contributed by atoms with Crippen LogP contribution in [0, 0.1) is 28.8 Å². The van der Waals surface area contributed by atoms with Crippen LogP contribution in [0.2, 0.25) is 0 Å². The first-order valence-electron chi connectivity index (χ1n) is 6.16. The molecule has 0 spiro atoms. The molecule has 110 valence electrons. The van der Waals surface area contributed by atoms with Gasteiger partial charge in [-0.25, -0.2) is 13.2 Å². The van der Waals surface area contributed by atoms with Crippen molar-refractivity contribution in [2.45, 2.75) is 6.04 Å². The molecule has 1 aliphatic heterocycles. The Balaban J connectivity index is 2.26. The topological polar surface area (TPSA) is 64.3 Å². The Labute approximate surface area is 122 Å². The highest BCUT2D eigenvalue weighted by Crippen LogP contribution is 2.42. The predicted molar refractivity (Wildman–Crippen MR) is 69.6 cm³/mol. The Morgan fingerprint density at radius 2 is 1.86 bits per heavy atom. The molecular formula is C15H7F3N2O2. The minimum Gasteiger partial charge on any atom is -0.506 e. The minimum atomic E-state index is -1.78. The van der Waals surface area contributed by atoms with Crippen molar-refractivity contribution in [3.63, 3.8) is 0 Å². The number of amides is 1. The van der Waals surface area contributed by atoms with Gasteiger partial charge in [-0.1, -0.05) is 12.1 Å². The second kappa shape index (κ2) is 4.77. The second-order valence-electron chi connectivity index (χ2n) is 4.65. The summed E-state index contributed by atoms with van der Waals surface area (Å²) in [6.07, 6.45) is 0. The smallest absolute Gasteiger partial charge is 0.263 e. The summed E-state index contributed by atoms with van der Waals surface area (Å²) < 4.78 is 40.6. The van der Waals surface area contributed by atoms with E-state index in [-0.39, 0.29) is 17.0 Å². The summed E-state index contributed by atoms with van der Waals surface area (Å²) in [6, 6.07) is 6.61. The third-order valence-corrected chi connectivity index (χ3v) is 3.44. The van der Waals surface area contributed by atoms with Crippen molar-refractivity contribution in [2.75, 3.05) is 4.90 Å². The average Bonchev–Trinajstić information content (AvgIpc) is 2.77. The van der Waals surface area contributed by atoms with Gasteiger partial charge in [0.1, 0.15) is 5.75 Å². The van der Waals surface area contributed by atoms with Crippen molar-refractivity contribution >= 4 is 11.6 Å². The van der Waals surface area contributed by atoms with E-state index in [1.54, 1.807) is 6.07 Å². The zero-order valence-corrected chi connectivity index (χ0v) is 10.8. The number of carbonyl (C=O) groups is 1. The fourth-order valence-corrected chi connectivity index (χ4v) is 2.47. The Kier molecular flexibility index (Phi) is 3.03. The Morgan fingerprint density at radius 1 is 1.18 bits per heavy atom. The number of phenols is 1. The molecule has 7 heteroatoms. The first kappa shape index (κ1) is 13.9. The number of aromatic hydroxyl groups is 1. The lowest BCUT2D eigenvalue weighted by molar-refractivity contribution is 0.0989. The van der Waals surface area contributed by atoms with Crippen LogP contribution >= 0.6 is 0 Å². The molecule has 2 aromatic carbocycles. The Morgan fingerprint density at radius 3 is 2.50 bits per heavy atom. The van der Waals surface area contributed by atoms with Crippen molar-refractivity contribution in [3.8, 4) is 11.8 Å². The monoisotopic (exact) mass is 304 g/mol. The molecule has 1 amide bonds. The molecule has 0 bridgehead atoms. The van der Waals surface area contributed by atoms with Gasteiger partial charge in [-0.3, -0.25) is 9.69 Å². The predicted octanol–water partition coefficient (Wildman–Crippen LogP) is 3.03. The van der Waals surface area contributed by atoms with E-state index in [1.165, 1.54) is 24.3 Å². The minimum absolute atomic E-state index is 0.0459. The van der Waals surface area contributed by atoms with Crippen LogP contribution in [0.5, 0.6) is 5.75 Å². The Hall–Kier alpha value is -3.01. The molecule has 0 saturated carbocycles. The molecule has 1 unspecified atom stereocenters. The average molecular weight is 304 g/mol. The standard InChI is InChI=1S/C15H7F3N2O2/c16-8-5-7-10(6-19)20(9-3-1-2-4-11(9)21)15(22)12(7)14(18)13(8)17/h1-5,10,21H. The van der Waals surface area contributed by atoms with Crippen LogP contribution in [0.1, 0.15) is 22.0 Å². The SMILES string of the molecule is N#CC1c2cc(F)c(F)c(F)c2C(=O)N1c1ccccc1O. The summed E-state index contributed by atoms with van der Waals surface area (Å²) in [6.45, 7) is 0. The van der Waals surface area contributed by atoms with Gasteiger partial charge < -0.3 is 5.11 Å². The number of fused-ring (bicyclic) bond motifs is 1. The van der Waals surface area contributed by atoms with Gasteiger partial charge in [0.05, 0.1) is 17.3 Å². The van der Waals surface area contributed by atoms with E-state index in [0.717, 1.165) is 4.90 Å². The summed E-state index contributed by atoms with van der Waals surface area (Å²) in [5.41, 5.74) is -1.02. The van der Waals surface area contributed by atoms with E-state index < -0.39 is 35.0 Å². The fraction of sp³-hybridized carbons (Fsp3) is 0.0667. The molecule has 22 heavy (non-hydrogen) atoms. The molecule has 1 heterocycles. The van der Waals surface area contributed by atoms with Crippen LogP contribution in [0.25, 0.3) is 0 Å². The maximum absolute atomic E-state index is 13.9. The number of anilines is 1. The first-order valence-corrected chi connectivity index (χ1v) is 6.16. The van der Waals surface area contributed by atoms with Crippen LogP contribution in [-0.2, 0) is 0 Å². The molecule has 0 aromatic heterocycles. The molecule has 0 saturated heterocycles. The van der Waals surface area contributed by atoms with Crippen molar-refractivity contribution in [1.29, 1.82) is 5.26 Å². The van der Waals surface area contributed by atoms with E-state index in [0.29, 0.717) is 6.07 Å². The number of nitriles is 1. The molecule has 0 radical (unpaired) electrons. The highest BCUT2D eigenvalue weighted by molar-refractivity contribution is 6.12. The second-order valence-corrected chi connectivity index (χ2v) is 4.65. The quantitative estimate of drug-likeness (QED) is 0.824. The number of para-hydroxylation sites is 2. The molecule has 1 N–H and O–H groups in total. The van der Waals surface area contributed by atoms with Crippen LogP contribution in [0.3, 0.4) is 0 Å². The largest absolute Gasteiger partial charge is 0.506 e. The van der Waals surface area contributed by atoms with E-state index in [2.05, 4.69) is 0 Å². The summed E-state index contributed by atoms with van der Waals surface area (Å²) in [5, 5.41) is 19.1. The van der Waals surface area contributed by atoms with Crippen molar-refractivity contribution in [3.05, 3.63) is 58.9 Å². The van der Waals surface area contributed by atoms with Crippen molar-refractivity contribution in [1.82, 2.24) is 0 Å². The molecule has 1 atom stereocenters. The number of hydrogen-bond donors (Lipinski definition) is 1. The van der Waals surface area contributed by atoms with Gasteiger partial charge in [0, 0.05) is 5.56 Å². The van der Waals surface area contributed by atoms with Crippen molar-refractivity contribution in [2.24, 2.45) is 0 Å². The molecule has 3 rings (SSSR count). The highest BCUT2D eigenvalue weighted by Gasteiger charge is 2.42. The molecule has 4 nitrogen and oxygen atoms in total. The van der Waals surface area contributed by atoms with Crippen molar-refractivity contribution < 1.29 is 23.1 Å². The van der Waals surface area contributed by atoms with Gasteiger partial charge in [0.2, 0.25) is 0 Å². The van der Waals surface area contributed by atoms with Crippen LogP contribution in [-0.4, -0.2) is 11.0 Å². The maximum atomic E-state index is 13.9. The van der Waals surface area contributed by atoms with Gasteiger partial charge in [0.25, 0.3) is 5.91 Å². The summed E-state index contributed by atoms with van der Waals surface area (Å²) >= 11 is 0. The summed E-state index contributed by atoms with van der Waals surface area (Å²) in [7, 11) is 0. The number of rotatable bonds is 1. The van der Waals surface area contributed by atoms with E-state index in [4.69, 9.17) is 0 Å². The lowest BCUT2D eigenvalue weighted by atomic mass is 10.0. The van der Waals surface area contributed by atoms with Gasteiger partial charge in [-0.15, -0.1) is 0 Å². The number of benzene rings is 2. The maximum Gasteiger partial charge on any atom is 0.263 e. The molecule has 0 fully saturated rings. The van der Waals surface area contributed by atoms with Crippen LogP contribution in [0.15, 0.2) is 30.3 Å². The molecule has 0 aliphatic carbocycles. The van der Waals surface area contributed by atoms with Crippen LogP contribution in [0.4, 0.5) is 18.9 Å². The van der Waals surface area contributed by atoms with E-state index in [1.807, 2.05) is 0 Å². The summed E-state index contributed by atoms with van der Waals surface area (Å²) in [4.78, 5) is 13.1. The Bertz CT molecular complexity index is 845. The zero-order chi connectivity index (χ0) is 16.0. The molecule has 2 aromatic rings. The van der Waals surface area contributed by atoms with Gasteiger partial charge >= 0.3 is 0 Å². The van der Waals surface area contributed by atoms with Crippen LogP contribution < -0.4 is 4.90 Å². The number of carbonyl (C=O) groups excluding carboxylic acids is 1. The zero-order valence-electron chi connectivity index (χ0n) is 10.8. The molecular weight excluding hydrogens is 297 g/mol. The van der Waals surface area contributed by atoms with E-state index >= 15 is 0 Å². The first-order chi connectivity index (χ1) is 10.5. The number of phenolic OH excluding ortho intramolecular Hbond substituents is 1. The van der Waals surface area contributed by atoms with E-state index in [9.17, 15) is 28.3 Å². The van der Waals surface area contributed by atoms with Gasteiger partial charge in [-0.2, -0.15) is 5.26 Å². The highest BCUT2D eigenvalue weighted by atomic mass is 19.2. The van der Waals surface area contributed by atoms with Gasteiger partial charge in [0.15, 0.2) is 23.5 Å². The van der Waals surface area contributed by atoms with Gasteiger partial charge in [-0.05, 0) is 18.2 Å². The normalized spacial score (nSPS) is 16.5. The third kappa shape index (κ3) is 1.74. The third-order valence-electron chi connectivity index (χ3n) is 3.44.